The summed E-state index contributed by atoms with van der Waals surface area (Å²) in [5, 5.41) is 5.30. The molecule has 0 bridgehead atoms. The maximum Gasteiger partial charge on any atom is 0.407 e. The van der Waals surface area contributed by atoms with Gasteiger partial charge in [0.05, 0.1) is 17.7 Å². The fourth-order valence-electron chi connectivity index (χ4n) is 4.01. The number of carbonyl (C=O) groups excluding carboxylic acids is 1. The number of hydrogen-bond acceptors (Lipinski definition) is 4. The van der Waals surface area contributed by atoms with Crippen molar-refractivity contribution in [2.45, 2.75) is 18.4 Å². The van der Waals surface area contributed by atoms with Gasteiger partial charge in [0, 0.05) is 5.92 Å². The first-order valence-electron chi connectivity index (χ1n) is 9.95. The van der Waals surface area contributed by atoms with Crippen molar-refractivity contribution in [2.24, 2.45) is 4.99 Å². The van der Waals surface area contributed by atoms with E-state index in [9.17, 15) is 4.79 Å². The summed E-state index contributed by atoms with van der Waals surface area (Å²) < 4.78 is 5.65. The standard InChI is InChI=1S/C25H22N2O2S/c28-25(27-19(15-26-17-30)14-18-8-2-1-3-9-18)29-16-24-22-12-6-4-10-20(22)21-11-5-7-13-23(21)24/h1-13,19,24H,14-16H2,(H,27,28)/t19-/m0/s1. The highest BCUT2D eigenvalue weighted by atomic mass is 32.1. The van der Waals surface area contributed by atoms with E-state index in [0.717, 1.165) is 5.56 Å². The minimum atomic E-state index is -0.447. The Kier molecular flexibility index (Phi) is 6.33. The number of amides is 1. The van der Waals surface area contributed by atoms with Gasteiger partial charge >= 0.3 is 6.09 Å². The Labute approximate surface area is 181 Å². The molecule has 0 fully saturated rings. The van der Waals surface area contributed by atoms with Gasteiger partial charge in [0.25, 0.3) is 0 Å². The number of ether oxygens (including phenoxy) is 1. The van der Waals surface area contributed by atoms with Crippen molar-refractivity contribution in [3.63, 3.8) is 0 Å². The highest BCUT2D eigenvalue weighted by Crippen LogP contribution is 2.44. The van der Waals surface area contributed by atoms with Crippen molar-refractivity contribution in [3.05, 3.63) is 95.6 Å². The van der Waals surface area contributed by atoms with Crippen LogP contribution in [0, 0.1) is 0 Å². The summed E-state index contributed by atoms with van der Waals surface area (Å²) in [7, 11) is 0. The van der Waals surface area contributed by atoms with Crippen LogP contribution in [0.4, 0.5) is 4.79 Å². The van der Waals surface area contributed by atoms with Gasteiger partial charge in [-0.25, -0.2) is 9.79 Å². The van der Waals surface area contributed by atoms with Crippen molar-refractivity contribution >= 4 is 23.5 Å². The van der Waals surface area contributed by atoms with E-state index in [1.165, 1.54) is 22.3 Å². The molecule has 0 heterocycles. The summed E-state index contributed by atoms with van der Waals surface area (Å²) in [6, 6.07) is 26.3. The zero-order chi connectivity index (χ0) is 20.8. The normalized spacial score (nSPS) is 12.9. The molecule has 0 unspecified atom stereocenters. The molecule has 0 aromatic heterocycles. The van der Waals surface area contributed by atoms with Crippen LogP contribution in [0.1, 0.15) is 22.6 Å². The van der Waals surface area contributed by atoms with Crippen LogP contribution >= 0.6 is 12.2 Å². The number of nitrogens with zero attached hydrogens (tertiary/aromatic N) is 1. The number of benzene rings is 3. The first-order valence-corrected chi connectivity index (χ1v) is 10.4. The largest absolute Gasteiger partial charge is 0.449 e. The zero-order valence-electron chi connectivity index (χ0n) is 16.5. The Morgan fingerprint density at radius 1 is 0.967 bits per heavy atom. The molecular weight excluding hydrogens is 392 g/mol. The third-order valence-corrected chi connectivity index (χ3v) is 5.50. The minimum absolute atomic E-state index is 0.0368. The summed E-state index contributed by atoms with van der Waals surface area (Å²) in [6.45, 7) is 0.650. The first kappa shape index (κ1) is 20.0. The predicted octanol–water partition coefficient (Wildman–Crippen LogP) is 5.24. The minimum Gasteiger partial charge on any atom is -0.449 e. The summed E-state index contributed by atoms with van der Waals surface area (Å²) >= 11 is 4.69. The highest BCUT2D eigenvalue weighted by molar-refractivity contribution is 7.78. The van der Waals surface area contributed by atoms with E-state index >= 15 is 0 Å². The van der Waals surface area contributed by atoms with Crippen LogP contribution in [-0.4, -0.2) is 30.4 Å². The quantitative estimate of drug-likeness (QED) is 0.425. The lowest BCUT2D eigenvalue weighted by atomic mass is 9.98. The van der Waals surface area contributed by atoms with E-state index in [1.807, 2.05) is 54.6 Å². The van der Waals surface area contributed by atoms with Crippen LogP contribution in [0.2, 0.25) is 0 Å². The second kappa shape index (κ2) is 9.49. The second-order valence-corrected chi connectivity index (χ2v) is 7.47. The number of carbonyl (C=O) groups is 1. The molecule has 4 rings (SSSR count). The third kappa shape index (κ3) is 4.48. The smallest absolute Gasteiger partial charge is 0.407 e. The molecule has 5 heteroatoms. The summed E-state index contributed by atoms with van der Waals surface area (Å²) in [5.74, 6) is 0.0368. The van der Waals surface area contributed by atoms with Gasteiger partial charge in [0.1, 0.15) is 6.61 Å². The number of fused-ring (bicyclic) bond motifs is 3. The lowest BCUT2D eigenvalue weighted by molar-refractivity contribution is 0.139. The third-order valence-electron chi connectivity index (χ3n) is 5.37. The molecule has 1 aliphatic rings. The van der Waals surface area contributed by atoms with Crippen molar-refractivity contribution in [1.82, 2.24) is 5.32 Å². The molecular formula is C25H22N2O2S. The number of aliphatic imine (C=N–C) groups is 1. The molecule has 0 radical (unpaired) electrons. The summed E-state index contributed by atoms with van der Waals surface area (Å²) in [5.41, 5.74) is 5.91. The molecule has 4 nitrogen and oxygen atoms in total. The Bertz CT molecular complexity index is 1030. The van der Waals surface area contributed by atoms with E-state index < -0.39 is 6.09 Å². The monoisotopic (exact) mass is 414 g/mol. The van der Waals surface area contributed by atoms with E-state index in [-0.39, 0.29) is 18.6 Å². The lowest BCUT2D eigenvalue weighted by Gasteiger charge is -2.18. The van der Waals surface area contributed by atoms with Gasteiger partial charge < -0.3 is 10.1 Å². The van der Waals surface area contributed by atoms with Crippen molar-refractivity contribution in [1.29, 1.82) is 0 Å². The van der Waals surface area contributed by atoms with Crippen molar-refractivity contribution < 1.29 is 9.53 Å². The van der Waals surface area contributed by atoms with Crippen LogP contribution in [0.3, 0.4) is 0 Å². The maximum absolute atomic E-state index is 12.6. The van der Waals surface area contributed by atoms with Crippen LogP contribution in [0.15, 0.2) is 83.9 Å². The molecule has 150 valence electrons. The van der Waals surface area contributed by atoms with Gasteiger partial charge in [-0.2, -0.15) is 0 Å². The van der Waals surface area contributed by atoms with Gasteiger partial charge in [-0.1, -0.05) is 78.9 Å². The topological polar surface area (TPSA) is 50.7 Å². The van der Waals surface area contributed by atoms with Crippen LogP contribution in [-0.2, 0) is 11.2 Å². The summed E-state index contributed by atoms with van der Waals surface area (Å²) in [6.07, 6.45) is 0.198. The number of nitrogens with one attached hydrogen (secondary N) is 1. The number of thiocarbonyl (C=S) groups is 1. The molecule has 1 N–H and O–H groups in total. The van der Waals surface area contributed by atoms with Crippen LogP contribution < -0.4 is 5.32 Å². The zero-order valence-corrected chi connectivity index (χ0v) is 17.3. The maximum atomic E-state index is 12.6. The number of alkyl carbamates (subject to hydrolysis) is 1. The van der Waals surface area contributed by atoms with Gasteiger partial charge in [-0.3, -0.25) is 0 Å². The number of isothiocyanates is 1. The van der Waals surface area contributed by atoms with E-state index in [1.54, 1.807) is 0 Å². The molecule has 3 aromatic rings. The van der Waals surface area contributed by atoms with Gasteiger partial charge in [-0.15, -0.1) is 0 Å². The van der Waals surface area contributed by atoms with E-state index in [0.29, 0.717) is 13.0 Å². The molecule has 3 aromatic carbocycles. The molecule has 1 atom stereocenters. The van der Waals surface area contributed by atoms with Crippen molar-refractivity contribution in [2.75, 3.05) is 13.2 Å². The molecule has 1 amide bonds. The van der Waals surface area contributed by atoms with Crippen LogP contribution in [0.5, 0.6) is 0 Å². The average Bonchev–Trinajstić information content (AvgIpc) is 3.10. The fourth-order valence-corrected chi connectivity index (χ4v) is 4.09. The predicted molar refractivity (Wildman–Crippen MR) is 122 cm³/mol. The number of rotatable bonds is 7. The molecule has 30 heavy (non-hydrogen) atoms. The molecule has 1 aliphatic carbocycles. The van der Waals surface area contributed by atoms with Crippen LogP contribution in [0.25, 0.3) is 11.1 Å². The van der Waals surface area contributed by atoms with Gasteiger partial charge in [0.15, 0.2) is 0 Å². The Hall–Kier alpha value is -3.27. The van der Waals surface area contributed by atoms with Crippen molar-refractivity contribution in [3.8, 4) is 11.1 Å². The highest BCUT2D eigenvalue weighted by Gasteiger charge is 2.29. The SMILES string of the molecule is O=C(N[C@H](CN=C=S)Cc1ccccc1)OCC1c2ccccc2-c2ccccc21. The Morgan fingerprint density at radius 2 is 1.57 bits per heavy atom. The Balaban J connectivity index is 1.43. The van der Waals surface area contributed by atoms with Gasteiger partial charge in [0.2, 0.25) is 0 Å². The molecule has 0 saturated heterocycles. The second-order valence-electron chi connectivity index (χ2n) is 7.29. The fraction of sp³-hybridized carbons (Fsp3) is 0.200. The number of hydrogen-bond donors (Lipinski definition) is 1. The van der Waals surface area contributed by atoms with E-state index in [2.05, 4.69) is 52.0 Å². The lowest BCUT2D eigenvalue weighted by Crippen LogP contribution is -2.39. The molecule has 0 saturated carbocycles. The molecule has 0 aliphatic heterocycles. The first-order chi connectivity index (χ1) is 14.8. The average molecular weight is 415 g/mol. The van der Waals surface area contributed by atoms with E-state index in [4.69, 9.17) is 4.74 Å². The molecule has 0 spiro atoms. The summed E-state index contributed by atoms with van der Waals surface area (Å²) in [4.78, 5) is 16.6. The van der Waals surface area contributed by atoms with Gasteiger partial charge in [-0.05, 0) is 46.5 Å². The Morgan fingerprint density at radius 3 is 2.20 bits per heavy atom.